The van der Waals surface area contributed by atoms with E-state index in [-0.39, 0.29) is 11.9 Å². The predicted octanol–water partition coefficient (Wildman–Crippen LogP) is 1.88. The van der Waals surface area contributed by atoms with Crippen molar-refractivity contribution in [3.05, 3.63) is 48.0 Å². The minimum atomic E-state index is -0.648. The van der Waals surface area contributed by atoms with Gasteiger partial charge in [0.2, 0.25) is 0 Å². The van der Waals surface area contributed by atoms with Gasteiger partial charge in [0, 0.05) is 11.9 Å². The molecule has 0 unspecified atom stereocenters. The monoisotopic (exact) mass is 239 g/mol. The molecule has 0 heterocycles. The van der Waals surface area contributed by atoms with Crippen molar-refractivity contribution < 1.29 is 5.11 Å². The molecule has 2 atom stereocenters. The Kier molecular flexibility index (Phi) is 5.53. The Bertz CT molecular complexity index is 340. The number of aliphatic hydroxyl groups excluding tert-OH is 1. The number of halogens is 1. The molecule has 0 saturated carbocycles. The molecule has 3 N–H and O–H groups in total. The van der Waals surface area contributed by atoms with Crippen LogP contribution in [0.1, 0.15) is 11.1 Å². The van der Waals surface area contributed by atoms with Gasteiger partial charge in [-0.1, -0.05) is 30.3 Å². The maximum absolute atomic E-state index is 9.49. The highest BCUT2D eigenvalue weighted by Gasteiger charge is 2.13. The third kappa shape index (κ3) is 3.97. The second-order valence-electron chi connectivity index (χ2n) is 3.90. The Morgan fingerprint density at radius 3 is 2.75 bits per heavy atom. The molecule has 0 spiro atoms. The Balaban J connectivity index is 2.65. The second-order valence-corrected chi connectivity index (χ2v) is 4.21. The summed E-state index contributed by atoms with van der Waals surface area (Å²) in [6.45, 7) is 3.71. The Labute approximate surface area is 102 Å². The first-order valence-electron chi connectivity index (χ1n) is 5.35. The van der Waals surface area contributed by atoms with Crippen LogP contribution in [0.4, 0.5) is 0 Å². The molecule has 0 fully saturated rings. The third-order valence-electron chi connectivity index (χ3n) is 2.50. The van der Waals surface area contributed by atoms with Crippen molar-refractivity contribution in [2.45, 2.75) is 25.0 Å². The van der Waals surface area contributed by atoms with E-state index in [1.54, 1.807) is 0 Å². The van der Waals surface area contributed by atoms with Crippen molar-refractivity contribution in [2.75, 3.05) is 5.88 Å². The first kappa shape index (κ1) is 13.2. The highest BCUT2D eigenvalue weighted by atomic mass is 35.5. The number of alkyl halides is 1. The summed E-state index contributed by atoms with van der Waals surface area (Å²) in [4.78, 5) is 0. The number of aliphatic hydroxyl groups is 1. The van der Waals surface area contributed by atoms with Gasteiger partial charge < -0.3 is 10.8 Å². The van der Waals surface area contributed by atoms with Gasteiger partial charge in [-0.2, -0.15) is 0 Å². The van der Waals surface area contributed by atoms with Crippen molar-refractivity contribution in [2.24, 2.45) is 5.73 Å². The molecule has 1 aromatic carbocycles. The van der Waals surface area contributed by atoms with Crippen LogP contribution in [0, 0.1) is 0 Å². The average Bonchev–Trinajstić information content (AvgIpc) is 2.29. The maximum atomic E-state index is 9.49. The molecule has 0 aromatic heterocycles. The molecule has 3 heteroatoms. The van der Waals surface area contributed by atoms with Gasteiger partial charge in [0.1, 0.15) is 0 Å². The van der Waals surface area contributed by atoms with E-state index in [1.165, 1.54) is 5.56 Å². The number of benzene rings is 1. The maximum Gasteiger partial charge on any atom is 0.0829 e. The second kappa shape index (κ2) is 6.69. The molecule has 1 aromatic rings. The molecule has 1 rings (SSSR count). The lowest BCUT2D eigenvalue weighted by molar-refractivity contribution is 0.166. The van der Waals surface area contributed by atoms with Crippen LogP contribution in [0.25, 0.3) is 0 Å². The lowest BCUT2D eigenvalue weighted by Crippen LogP contribution is -2.37. The first-order valence-corrected chi connectivity index (χ1v) is 5.89. The topological polar surface area (TPSA) is 46.2 Å². The Morgan fingerprint density at radius 2 is 2.12 bits per heavy atom. The summed E-state index contributed by atoms with van der Waals surface area (Å²) in [5, 5.41) is 9.49. The molecule has 0 aliphatic heterocycles. The summed E-state index contributed by atoms with van der Waals surface area (Å²) in [7, 11) is 0. The van der Waals surface area contributed by atoms with E-state index in [0.29, 0.717) is 6.42 Å². The molecular weight excluding hydrogens is 222 g/mol. The molecule has 0 aliphatic carbocycles. The van der Waals surface area contributed by atoms with Crippen molar-refractivity contribution in [1.82, 2.24) is 0 Å². The smallest absolute Gasteiger partial charge is 0.0829 e. The fraction of sp³-hybridized carbons (Fsp3) is 0.385. The van der Waals surface area contributed by atoms with E-state index in [4.69, 9.17) is 17.3 Å². The summed E-state index contributed by atoms with van der Waals surface area (Å²) in [6.07, 6.45) is 2.71. The average molecular weight is 240 g/mol. The molecule has 16 heavy (non-hydrogen) atoms. The minimum absolute atomic E-state index is 0.174. The molecule has 2 nitrogen and oxygen atoms in total. The normalized spacial score (nSPS) is 14.4. The lowest BCUT2D eigenvalue weighted by atomic mass is 10.00. The molecular formula is C13H18ClNO. The summed E-state index contributed by atoms with van der Waals surface area (Å²) in [6, 6.07) is 7.83. The van der Waals surface area contributed by atoms with E-state index in [2.05, 4.69) is 18.7 Å². The van der Waals surface area contributed by atoms with Crippen LogP contribution in [0.3, 0.4) is 0 Å². The van der Waals surface area contributed by atoms with Gasteiger partial charge in [0.05, 0.1) is 6.10 Å². The zero-order valence-corrected chi connectivity index (χ0v) is 10.0. The Hall–Kier alpha value is -0.830. The van der Waals surface area contributed by atoms with E-state index in [9.17, 15) is 5.11 Å². The number of allylic oxidation sites excluding steroid dienone is 1. The third-order valence-corrected chi connectivity index (χ3v) is 2.81. The molecule has 88 valence electrons. The summed E-state index contributed by atoms with van der Waals surface area (Å²) in [5.41, 5.74) is 8.16. The van der Waals surface area contributed by atoms with Gasteiger partial charge in [-0.25, -0.2) is 0 Å². The molecule has 0 aliphatic rings. The minimum Gasteiger partial charge on any atom is -0.390 e. The van der Waals surface area contributed by atoms with E-state index in [0.717, 1.165) is 12.0 Å². The summed E-state index contributed by atoms with van der Waals surface area (Å²) >= 11 is 5.55. The highest BCUT2D eigenvalue weighted by Crippen LogP contribution is 2.10. The highest BCUT2D eigenvalue weighted by molar-refractivity contribution is 6.18. The standard InChI is InChI=1S/C13H18ClNO/c1-2-4-10-5-3-6-11(7-10)8-12(15)13(16)9-14/h2-3,5-7,12-13,16H,1,4,8-9,15H2/t12-,13+/m0/s1. The van der Waals surface area contributed by atoms with Crippen LogP contribution in [-0.4, -0.2) is 23.1 Å². The van der Waals surface area contributed by atoms with E-state index >= 15 is 0 Å². The van der Waals surface area contributed by atoms with Crippen LogP contribution in [0.2, 0.25) is 0 Å². The van der Waals surface area contributed by atoms with Crippen molar-refractivity contribution >= 4 is 11.6 Å². The predicted molar refractivity (Wildman–Crippen MR) is 68.7 cm³/mol. The van der Waals surface area contributed by atoms with Crippen LogP contribution in [0.5, 0.6) is 0 Å². The quantitative estimate of drug-likeness (QED) is 0.588. The van der Waals surface area contributed by atoms with E-state index < -0.39 is 6.10 Å². The SMILES string of the molecule is C=CCc1cccc(C[C@H](N)[C@H](O)CCl)c1. The molecule has 0 radical (unpaired) electrons. The fourth-order valence-corrected chi connectivity index (χ4v) is 1.80. The van der Waals surface area contributed by atoms with Crippen LogP contribution < -0.4 is 5.73 Å². The van der Waals surface area contributed by atoms with Crippen molar-refractivity contribution in [3.8, 4) is 0 Å². The van der Waals surface area contributed by atoms with Gasteiger partial charge in [0.15, 0.2) is 0 Å². The number of hydrogen-bond donors (Lipinski definition) is 2. The molecule has 0 saturated heterocycles. The van der Waals surface area contributed by atoms with E-state index in [1.807, 2.05) is 18.2 Å². The van der Waals surface area contributed by atoms with Gasteiger partial charge in [-0.05, 0) is 24.0 Å². The van der Waals surface area contributed by atoms with Gasteiger partial charge in [-0.3, -0.25) is 0 Å². The zero-order valence-electron chi connectivity index (χ0n) is 9.27. The largest absolute Gasteiger partial charge is 0.390 e. The molecule has 0 bridgehead atoms. The summed E-state index contributed by atoms with van der Waals surface area (Å²) in [5.74, 6) is 0.174. The number of nitrogens with two attached hydrogens (primary N) is 1. The number of rotatable bonds is 6. The van der Waals surface area contributed by atoms with Crippen LogP contribution in [-0.2, 0) is 12.8 Å². The van der Waals surface area contributed by atoms with Crippen molar-refractivity contribution in [3.63, 3.8) is 0 Å². The summed E-state index contributed by atoms with van der Waals surface area (Å²) < 4.78 is 0. The lowest BCUT2D eigenvalue weighted by Gasteiger charge is -2.16. The number of hydrogen-bond acceptors (Lipinski definition) is 2. The zero-order chi connectivity index (χ0) is 12.0. The van der Waals surface area contributed by atoms with Crippen molar-refractivity contribution in [1.29, 1.82) is 0 Å². The van der Waals surface area contributed by atoms with Gasteiger partial charge >= 0.3 is 0 Å². The van der Waals surface area contributed by atoms with Crippen LogP contribution >= 0.6 is 11.6 Å². The van der Waals surface area contributed by atoms with Crippen LogP contribution in [0.15, 0.2) is 36.9 Å². The first-order chi connectivity index (χ1) is 7.67. The molecule has 0 amide bonds. The Morgan fingerprint density at radius 1 is 1.44 bits per heavy atom. The fourth-order valence-electron chi connectivity index (χ4n) is 1.57. The van der Waals surface area contributed by atoms with Gasteiger partial charge in [0.25, 0.3) is 0 Å². The van der Waals surface area contributed by atoms with Gasteiger partial charge in [-0.15, -0.1) is 18.2 Å².